The number of amides is 1. The number of hydrogen-bond acceptors (Lipinski definition) is 4. The van der Waals surface area contributed by atoms with Gasteiger partial charge in [-0.05, 0) is 51.5 Å². The molecule has 0 aromatic carbocycles. The maximum Gasteiger partial charge on any atom is 0.219 e. The van der Waals surface area contributed by atoms with E-state index in [4.69, 9.17) is 4.52 Å². The lowest BCUT2D eigenvalue weighted by molar-refractivity contribution is -0.130. The number of nitrogens with zero attached hydrogens (tertiary/aromatic N) is 3. The van der Waals surface area contributed by atoms with Crippen LogP contribution in [0.1, 0.15) is 62.5 Å². The van der Waals surface area contributed by atoms with Gasteiger partial charge in [0.05, 0.1) is 0 Å². The van der Waals surface area contributed by atoms with Crippen LogP contribution in [0, 0.1) is 0 Å². The van der Waals surface area contributed by atoms with Gasteiger partial charge in [-0.2, -0.15) is 0 Å². The van der Waals surface area contributed by atoms with Crippen molar-refractivity contribution in [3.63, 3.8) is 0 Å². The van der Waals surface area contributed by atoms with E-state index in [-0.39, 0.29) is 5.91 Å². The predicted molar refractivity (Wildman–Crippen MR) is 87.0 cm³/mol. The number of hydrogen-bond donors (Lipinski definition) is 0. The van der Waals surface area contributed by atoms with Gasteiger partial charge >= 0.3 is 0 Å². The molecule has 0 radical (unpaired) electrons. The minimum absolute atomic E-state index is 0.234. The molecule has 126 valence electrons. The lowest BCUT2D eigenvalue weighted by atomic mass is 9.96. The van der Waals surface area contributed by atoms with Crippen molar-refractivity contribution in [2.45, 2.75) is 76.9 Å². The molecule has 1 aliphatic carbocycles. The zero-order valence-corrected chi connectivity index (χ0v) is 14.1. The molecule has 2 saturated heterocycles. The number of aromatic nitrogens is 1. The first kappa shape index (κ1) is 15.2. The fourth-order valence-electron chi connectivity index (χ4n) is 4.83. The predicted octanol–water partition coefficient (Wildman–Crippen LogP) is 2.53. The van der Waals surface area contributed by atoms with E-state index in [1.807, 2.05) is 0 Å². The molecule has 5 nitrogen and oxygen atoms in total. The first-order valence-electron chi connectivity index (χ1n) is 9.21. The van der Waals surface area contributed by atoms with E-state index in [1.165, 1.54) is 31.2 Å². The van der Waals surface area contributed by atoms with Crippen LogP contribution in [0.4, 0.5) is 0 Å². The summed E-state index contributed by atoms with van der Waals surface area (Å²) in [6.07, 6.45) is 9.38. The summed E-state index contributed by atoms with van der Waals surface area (Å²) in [7, 11) is 0. The lowest BCUT2D eigenvalue weighted by Gasteiger charge is -2.34. The summed E-state index contributed by atoms with van der Waals surface area (Å²) in [5, 5.41) is 4.38. The number of fused-ring (bicyclic) bond motifs is 1. The molecule has 0 spiro atoms. The van der Waals surface area contributed by atoms with E-state index >= 15 is 0 Å². The molecule has 3 heterocycles. The molecule has 0 bridgehead atoms. The Hall–Kier alpha value is -1.36. The van der Waals surface area contributed by atoms with Gasteiger partial charge in [0, 0.05) is 44.1 Å². The Morgan fingerprint density at radius 3 is 2.78 bits per heavy atom. The molecule has 5 heteroatoms. The van der Waals surface area contributed by atoms with Crippen molar-refractivity contribution in [2.24, 2.45) is 0 Å². The Kier molecular flexibility index (Phi) is 4.14. The fourth-order valence-corrected chi connectivity index (χ4v) is 4.83. The number of aryl methyl sites for hydroxylation is 1. The Morgan fingerprint density at radius 2 is 1.91 bits per heavy atom. The molecular weight excluding hydrogens is 290 g/mol. The zero-order valence-electron chi connectivity index (χ0n) is 14.1. The van der Waals surface area contributed by atoms with Crippen LogP contribution < -0.4 is 0 Å². The number of rotatable bonds is 3. The second-order valence-electron chi connectivity index (χ2n) is 7.34. The van der Waals surface area contributed by atoms with Gasteiger partial charge < -0.3 is 9.42 Å². The second-order valence-corrected chi connectivity index (χ2v) is 7.34. The average Bonchev–Trinajstić information content (AvgIpc) is 3.26. The van der Waals surface area contributed by atoms with Gasteiger partial charge in [-0.1, -0.05) is 5.16 Å². The SMILES string of the molecule is CC(=O)N1CCC[C@@H]1[C@@H]1CCCN1Cc1noc2c1CCCC2. The highest BCUT2D eigenvalue weighted by Crippen LogP contribution is 2.32. The highest BCUT2D eigenvalue weighted by Gasteiger charge is 2.39. The topological polar surface area (TPSA) is 49.6 Å². The van der Waals surface area contributed by atoms with Crippen molar-refractivity contribution in [1.29, 1.82) is 0 Å². The van der Waals surface area contributed by atoms with Crippen molar-refractivity contribution in [3.8, 4) is 0 Å². The smallest absolute Gasteiger partial charge is 0.219 e. The molecule has 3 aliphatic rings. The molecule has 0 N–H and O–H groups in total. The third-order valence-electron chi connectivity index (χ3n) is 5.95. The number of likely N-dealkylation sites (tertiary alicyclic amines) is 2. The van der Waals surface area contributed by atoms with Crippen molar-refractivity contribution in [2.75, 3.05) is 13.1 Å². The second kappa shape index (κ2) is 6.27. The van der Waals surface area contributed by atoms with Gasteiger partial charge in [0.1, 0.15) is 11.5 Å². The molecule has 1 aromatic heterocycles. The maximum absolute atomic E-state index is 11.9. The molecule has 2 aliphatic heterocycles. The van der Waals surface area contributed by atoms with Gasteiger partial charge in [0.25, 0.3) is 0 Å². The van der Waals surface area contributed by atoms with Gasteiger partial charge in [0.2, 0.25) is 5.91 Å². The summed E-state index contributed by atoms with van der Waals surface area (Å²) >= 11 is 0. The van der Waals surface area contributed by atoms with Crippen molar-refractivity contribution < 1.29 is 9.32 Å². The summed E-state index contributed by atoms with van der Waals surface area (Å²) < 4.78 is 5.58. The van der Waals surface area contributed by atoms with Crippen LogP contribution in [0.2, 0.25) is 0 Å². The fraction of sp³-hybridized carbons (Fsp3) is 0.778. The molecule has 2 fully saturated rings. The molecular formula is C18H27N3O2. The Morgan fingerprint density at radius 1 is 1.13 bits per heavy atom. The van der Waals surface area contributed by atoms with Crippen LogP contribution in [0.3, 0.4) is 0 Å². The minimum atomic E-state index is 0.234. The summed E-state index contributed by atoms with van der Waals surface area (Å²) in [5.74, 6) is 1.35. The van der Waals surface area contributed by atoms with E-state index in [9.17, 15) is 4.79 Å². The largest absolute Gasteiger partial charge is 0.361 e. The van der Waals surface area contributed by atoms with E-state index < -0.39 is 0 Å². The van der Waals surface area contributed by atoms with Gasteiger partial charge in [0.15, 0.2) is 0 Å². The van der Waals surface area contributed by atoms with Gasteiger partial charge in [-0.3, -0.25) is 9.69 Å². The van der Waals surface area contributed by atoms with Crippen molar-refractivity contribution >= 4 is 5.91 Å². The zero-order chi connectivity index (χ0) is 15.8. The van der Waals surface area contributed by atoms with Crippen LogP contribution in [0.25, 0.3) is 0 Å². The van der Waals surface area contributed by atoms with Crippen LogP contribution in [-0.2, 0) is 24.2 Å². The first-order chi connectivity index (χ1) is 11.2. The maximum atomic E-state index is 11.9. The molecule has 23 heavy (non-hydrogen) atoms. The standard InChI is InChI=1S/C18H27N3O2/c1-13(22)21-11-5-8-17(21)16-7-4-10-20(16)12-15-14-6-2-3-9-18(14)23-19-15/h16-17H,2-12H2,1H3/t16-,17+/m0/s1. The number of carbonyl (C=O) groups excluding carboxylic acids is 1. The van der Waals surface area contributed by atoms with Crippen LogP contribution in [0.15, 0.2) is 4.52 Å². The number of carbonyl (C=O) groups is 1. The van der Waals surface area contributed by atoms with E-state index in [0.717, 1.165) is 56.8 Å². The summed E-state index contributed by atoms with van der Waals surface area (Å²) in [6.45, 7) is 4.66. The van der Waals surface area contributed by atoms with Crippen molar-refractivity contribution in [3.05, 3.63) is 17.0 Å². The molecule has 0 saturated carbocycles. The summed E-state index contributed by atoms with van der Waals surface area (Å²) in [5.41, 5.74) is 2.52. The third kappa shape index (κ3) is 2.80. The summed E-state index contributed by atoms with van der Waals surface area (Å²) in [4.78, 5) is 16.6. The van der Waals surface area contributed by atoms with E-state index in [2.05, 4.69) is 15.0 Å². The quantitative estimate of drug-likeness (QED) is 0.859. The van der Waals surface area contributed by atoms with E-state index in [0.29, 0.717) is 12.1 Å². The Balaban J connectivity index is 1.50. The van der Waals surface area contributed by atoms with Crippen LogP contribution >= 0.6 is 0 Å². The Labute approximate surface area is 138 Å². The van der Waals surface area contributed by atoms with Crippen LogP contribution in [0.5, 0.6) is 0 Å². The lowest BCUT2D eigenvalue weighted by Crippen LogP contribution is -2.47. The van der Waals surface area contributed by atoms with Gasteiger partial charge in [-0.25, -0.2) is 0 Å². The Bertz CT molecular complexity index is 583. The molecule has 0 unspecified atom stereocenters. The first-order valence-corrected chi connectivity index (χ1v) is 9.21. The van der Waals surface area contributed by atoms with Crippen molar-refractivity contribution in [1.82, 2.24) is 15.0 Å². The molecule has 1 aromatic rings. The summed E-state index contributed by atoms with van der Waals surface area (Å²) in [6, 6.07) is 0.898. The highest BCUT2D eigenvalue weighted by molar-refractivity contribution is 5.74. The van der Waals surface area contributed by atoms with E-state index in [1.54, 1.807) is 6.92 Å². The monoisotopic (exact) mass is 317 g/mol. The highest BCUT2D eigenvalue weighted by atomic mass is 16.5. The minimum Gasteiger partial charge on any atom is -0.361 e. The normalized spacial score (nSPS) is 28.3. The average molecular weight is 317 g/mol. The molecule has 1 amide bonds. The third-order valence-corrected chi connectivity index (χ3v) is 5.95. The molecule has 2 atom stereocenters. The molecule has 4 rings (SSSR count). The van der Waals surface area contributed by atoms with Crippen LogP contribution in [-0.4, -0.2) is 46.0 Å². The van der Waals surface area contributed by atoms with Gasteiger partial charge in [-0.15, -0.1) is 0 Å².